The lowest BCUT2D eigenvalue weighted by Crippen LogP contribution is -2.41. The Labute approximate surface area is 137 Å². The quantitative estimate of drug-likeness (QED) is 0.823. The number of hydrogen-bond donors (Lipinski definition) is 1. The number of imide groups is 1. The molecule has 0 saturated carbocycles. The molecule has 2 atom stereocenters. The summed E-state index contributed by atoms with van der Waals surface area (Å²) in [4.78, 5) is 25.7. The Bertz CT molecular complexity index is 601. The first-order chi connectivity index (χ1) is 11.0. The summed E-state index contributed by atoms with van der Waals surface area (Å²) >= 11 is 1.69. The van der Waals surface area contributed by atoms with E-state index in [2.05, 4.69) is 0 Å². The lowest BCUT2D eigenvalue weighted by atomic mass is 9.86. The van der Waals surface area contributed by atoms with Gasteiger partial charge in [0.15, 0.2) is 0 Å². The molecule has 2 amide bonds. The van der Waals surface area contributed by atoms with Crippen LogP contribution in [0, 0.1) is 11.2 Å². The maximum Gasteiger partial charge on any atom is 0.236 e. The maximum atomic E-state index is 12.8. The number of rotatable bonds is 5. The van der Waals surface area contributed by atoms with Crippen LogP contribution in [0.5, 0.6) is 5.75 Å². The summed E-state index contributed by atoms with van der Waals surface area (Å²) in [5.41, 5.74) is -0.556. The molecule has 0 aromatic heterocycles. The number of nitrogens with zero attached hydrogens (tertiary/aromatic N) is 1. The van der Waals surface area contributed by atoms with Crippen LogP contribution in [0.2, 0.25) is 0 Å². The van der Waals surface area contributed by atoms with E-state index in [9.17, 15) is 19.1 Å². The Balaban J connectivity index is 1.55. The van der Waals surface area contributed by atoms with Gasteiger partial charge in [-0.3, -0.25) is 14.5 Å². The monoisotopic (exact) mass is 339 g/mol. The molecule has 1 N–H and O–H groups in total. The lowest BCUT2D eigenvalue weighted by Gasteiger charge is -2.22. The zero-order chi connectivity index (χ0) is 16.4. The highest BCUT2D eigenvalue weighted by molar-refractivity contribution is 7.99. The van der Waals surface area contributed by atoms with Gasteiger partial charge in [-0.15, -0.1) is 0 Å². The van der Waals surface area contributed by atoms with Gasteiger partial charge in [-0.05, 0) is 36.4 Å². The Morgan fingerprint density at radius 2 is 2.09 bits per heavy atom. The Kier molecular flexibility index (Phi) is 4.59. The topological polar surface area (TPSA) is 66.8 Å². The molecule has 0 unspecified atom stereocenters. The van der Waals surface area contributed by atoms with Gasteiger partial charge in [0.2, 0.25) is 11.8 Å². The predicted octanol–water partition coefficient (Wildman–Crippen LogP) is 1.45. The van der Waals surface area contributed by atoms with Crippen LogP contribution in [0.1, 0.15) is 12.8 Å². The number of hydrogen-bond acceptors (Lipinski definition) is 5. The van der Waals surface area contributed by atoms with Gasteiger partial charge in [-0.2, -0.15) is 11.8 Å². The summed E-state index contributed by atoms with van der Waals surface area (Å²) < 4.78 is 18.1. The van der Waals surface area contributed by atoms with Crippen molar-refractivity contribution < 1.29 is 23.8 Å². The van der Waals surface area contributed by atoms with E-state index in [1.807, 2.05) is 0 Å². The third-order valence-electron chi connectivity index (χ3n) is 4.24. The van der Waals surface area contributed by atoms with Gasteiger partial charge in [0.25, 0.3) is 0 Å². The van der Waals surface area contributed by atoms with Crippen LogP contribution in [-0.2, 0) is 9.59 Å². The smallest absolute Gasteiger partial charge is 0.236 e. The van der Waals surface area contributed by atoms with Crippen LogP contribution in [-0.4, -0.2) is 52.6 Å². The van der Waals surface area contributed by atoms with Crippen molar-refractivity contribution >= 4 is 23.6 Å². The summed E-state index contributed by atoms with van der Waals surface area (Å²) in [6, 6.07) is 5.44. The fraction of sp³-hybridized carbons (Fsp3) is 0.500. The minimum Gasteiger partial charge on any atom is -0.491 e. The van der Waals surface area contributed by atoms with Gasteiger partial charge in [-0.1, -0.05) is 0 Å². The van der Waals surface area contributed by atoms with E-state index in [0.717, 1.165) is 17.1 Å². The molecule has 1 spiro atoms. The first-order valence-corrected chi connectivity index (χ1v) is 8.65. The molecule has 5 nitrogen and oxygen atoms in total. The van der Waals surface area contributed by atoms with E-state index in [4.69, 9.17) is 4.74 Å². The number of ether oxygens (including phenoxy) is 1. The number of amides is 2. The average Bonchev–Trinajstić information content (AvgIpc) is 3.08. The van der Waals surface area contributed by atoms with E-state index < -0.39 is 11.5 Å². The Hall–Kier alpha value is -1.60. The summed E-state index contributed by atoms with van der Waals surface area (Å²) in [7, 11) is 0. The van der Waals surface area contributed by atoms with Crippen LogP contribution in [0.15, 0.2) is 24.3 Å². The normalized spacial score (nSPS) is 25.4. The number of carbonyl (C=O) groups is 2. The largest absolute Gasteiger partial charge is 0.491 e. The van der Waals surface area contributed by atoms with Gasteiger partial charge in [-0.25, -0.2) is 4.39 Å². The first-order valence-electron chi connectivity index (χ1n) is 7.49. The minimum atomic E-state index is -0.975. The summed E-state index contributed by atoms with van der Waals surface area (Å²) in [5, 5.41) is 10.0. The molecule has 7 heteroatoms. The highest BCUT2D eigenvalue weighted by Crippen LogP contribution is 2.44. The van der Waals surface area contributed by atoms with Crippen molar-refractivity contribution in [3.8, 4) is 5.75 Å². The van der Waals surface area contributed by atoms with E-state index in [-0.39, 0.29) is 37.2 Å². The number of halogens is 1. The average molecular weight is 339 g/mol. The van der Waals surface area contributed by atoms with Crippen LogP contribution in [0.4, 0.5) is 4.39 Å². The number of benzene rings is 1. The predicted molar refractivity (Wildman–Crippen MR) is 83.6 cm³/mol. The van der Waals surface area contributed by atoms with E-state index in [1.165, 1.54) is 24.3 Å². The van der Waals surface area contributed by atoms with Crippen LogP contribution < -0.4 is 4.74 Å². The molecule has 2 heterocycles. The fourth-order valence-electron chi connectivity index (χ4n) is 2.95. The highest BCUT2D eigenvalue weighted by atomic mass is 32.2. The number of aliphatic hydroxyl groups is 1. The van der Waals surface area contributed by atoms with Crippen molar-refractivity contribution in [2.75, 3.05) is 24.7 Å². The molecule has 23 heavy (non-hydrogen) atoms. The van der Waals surface area contributed by atoms with Crippen LogP contribution in [0.25, 0.3) is 0 Å². The molecule has 2 aliphatic rings. The standard InChI is InChI=1S/C16H18FNO4S/c17-11-1-3-13(4-2-11)22-9-12(19)8-18-14(20)7-16(15(18)21)5-6-23-10-16/h1-4,12,19H,5-10H2/t12-,16-/m1/s1. The number of β-amino-alcohol motifs (C(OH)–C–C–N with tert-alkyl or cyclic N) is 1. The Morgan fingerprint density at radius 1 is 1.35 bits per heavy atom. The molecule has 0 radical (unpaired) electrons. The van der Waals surface area contributed by atoms with E-state index in [1.54, 1.807) is 11.8 Å². The van der Waals surface area contributed by atoms with Crippen molar-refractivity contribution in [1.29, 1.82) is 0 Å². The van der Waals surface area contributed by atoms with E-state index in [0.29, 0.717) is 11.5 Å². The molecular weight excluding hydrogens is 321 g/mol. The minimum absolute atomic E-state index is 0.0642. The molecule has 2 saturated heterocycles. The third-order valence-corrected chi connectivity index (χ3v) is 5.49. The SMILES string of the molecule is O=C1C[C@@]2(CCSC2)C(=O)N1C[C@@H](O)COc1ccc(F)cc1. The van der Waals surface area contributed by atoms with E-state index >= 15 is 0 Å². The van der Waals surface area contributed by atoms with Gasteiger partial charge in [0.05, 0.1) is 12.0 Å². The maximum absolute atomic E-state index is 12.8. The zero-order valence-corrected chi connectivity index (χ0v) is 13.4. The van der Waals surface area contributed by atoms with Gasteiger partial charge >= 0.3 is 0 Å². The fourth-order valence-corrected chi connectivity index (χ4v) is 4.39. The van der Waals surface area contributed by atoms with Crippen molar-refractivity contribution in [2.45, 2.75) is 18.9 Å². The molecule has 2 fully saturated rings. The van der Waals surface area contributed by atoms with Gasteiger partial charge in [0, 0.05) is 12.2 Å². The highest BCUT2D eigenvalue weighted by Gasteiger charge is 2.53. The number of aliphatic hydroxyl groups excluding tert-OH is 1. The molecule has 1 aromatic rings. The van der Waals surface area contributed by atoms with Crippen molar-refractivity contribution in [3.05, 3.63) is 30.1 Å². The second-order valence-corrected chi connectivity index (χ2v) is 7.09. The summed E-state index contributed by atoms with van der Waals surface area (Å²) in [6.45, 7) is -0.129. The van der Waals surface area contributed by atoms with Crippen molar-refractivity contribution in [1.82, 2.24) is 4.90 Å². The second-order valence-electron chi connectivity index (χ2n) is 5.99. The lowest BCUT2D eigenvalue weighted by molar-refractivity contribution is -0.142. The van der Waals surface area contributed by atoms with Crippen molar-refractivity contribution in [2.24, 2.45) is 5.41 Å². The molecule has 2 aliphatic heterocycles. The first kappa shape index (κ1) is 16.3. The van der Waals surface area contributed by atoms with Crippen molar-refractivity contribution in [3.63, 3.8) is 0 Å². The molecule has 0 aliphatic carbocycles. The van der Waals surface area contributed by atoms with Crippen LogP contribution in [0.3, 0.4) is 0 Å². The second kappa shape index (κ2) is 6.49. The third kappa shape index (κ3) is 3.35. The zero-order valence-electron chi connectivity index (χ0n) is 12.5. The van der Waals surface area contributed by atoms with Gasteiger partial charge in [0.1, 0.15) is 24.3 Å². The molecular formula is C16H18FNO4S. The molecule has 3 rings (SSSR count). The van der Waals surface area contributed by atoms with Crippen LogP contribution >= 0.6 is 11.8 Å². The summed E-state index contributed by atoms with van der Waals surface area (Å²) in [6.07, 6.45) is -0.0113. The summed E-state index contributed by atoms with van der Waals surface area (Å²) in [5.74, 6) is 1.23. The number of carbonyl (C=O) groups excluding carboxylic acids is 2. The number of thioether (sulfide) groups is 1. The molecule has 124 valence electrons. The molecule has 1 aromatic carbocycles. The van der Waals surface area contributed by atoms with Gasteiger partial charge < -0.3 is 9.84 Å². The number of likely N-dealkylation sites (tertiary alicyclic amines) is 1. The molecule has 0 bridgehead atoms. The Morgan fingerprint density at radius 3 is 2.74 bits per heavy atom.